The number of nitrogens with one attached hydrogen (secondary N) is 1. The normalized spacial score (nSPS) is 10.5. The number of rotatable bonds is 2. The van der Waals surface area contributed by atoms with Gasteiger partial charge in [-0.15, -0.1) is 0 Å². The molecule has 0 unspecified atom stereocenters. The van der Waals surface area contributed by atoms with Crippen molar-refractivity contribution in [2.45, 2.75) is 6.92 Å². The summed E-state index contributed by atoms with van der Waals surface area (Å²) in [5, 5.41) is 2.56. The second-order valence-electron chi connectivity index (χ2n) is 3.69. The van der Waals surface area contributed by atoms with Crippen molar-refractivity contribution in [3.63, 3.8) is 0 Å². The molecule has 0 fully saturated rings. The van der Waals surface area contributed by atoms with Crippen LogP contribution in [0.25, 0.3) is 0 Å². The van der Waals surface area contributed by atoms with Crippen LogP contribution < -0.4 is 5.32 Å². The van der Waals surface area contributed by atoms with Crippen LogP contribution in [0.5, 0.6) is 0 Å². The molecule has 1 heterocycles. The lowest BCUT2D eigenvalue weighted by Gasteiger charge is -2.10. The summed E-state index contributed by atoms with van der Waals surface area (Å²) in [5.74, 6) is -2.90. The standard InChI is InChI=1S/C12H8BrF3N2/c1-6-2-7(13)5-17-12(6)18-10-4-8(14)3-9(15)11(10)16/h2-5H,1H3,(H,17,18). The van der Waals surface area contributed by atoms with Gasteiger partial charge in [0.2, 0.25) is 0 Å². The van der Waals surface area contributed by atoms with Crippen molar-refractivity contribution in [2.75, 3.05) is 5.32 Å². The Balaban J connectivity index is 2.40. The minimum atomic E-state index is -1.24. The molecule has 2 nitrogen and oxygen atoms in total. The van der Waals surface area contributed by atoms with Crippen LogP contribution in [0, 0.1) is 24.4 Å². The van der Waals surface area contributed by atoms with E-state index in [2.05, 4.69) is 26.2 Å². The fourth-order valence-corrected chi connectivity index (χ4v) is 1.89. The van der Waals surface area contributed by atoms with E-state index in [1.165, 1.54) is 6.20 Å². The van der Waals surface area contributed by atoms with Crippen LogP contribution in [0.1, 0.15) is 5.56 Å². The Hall–Kier alpha value is -1.56. The highest BCUT2D eigenvalue weighted by atomic mass is 79.9. The van der Waals surface area contributed by atoms with Gasteiger partial charge in [-0.2, -0.15) is 0 Å². The van der Waals surface area contributed by atoms with Crippen molar-refractivity contribution >= 4 is 27.4 Å². The van der Waals surface area contributed by atoms with E-state index in [0.29, 0.717) is 17.4 Å². The summed E-state index contributed by atoms with van der Waals surface area (Å²) < 4.78 is 40.2. The summed E-state index contributed by atoms with van der Waals surface area (Å²) in [6, 6.07) is 3.12. The zero-order chi connectivity index (χ0) is 13.3. The molecule has 1 aromatic carbocycles. The summed E-state index contributed by atoms with van der Waals surface area (Å²) in [4.78, 5) is 4.00. The van der Waals surface area contributed by atoms with Crippen molar-refractivity contribution in [3.8, 4) is 0 Å². The minimum Gasteiger partial charge on any atom is -0.337 e. The number of anilines is 2. The third-order valence-corrected chi connectivity index (χ3v) is 2.72. The lowest BCUT2D eigenvalue weighted by atomic mass is 10.2. The number of benzene rings is 1. The van der Waals surface area contributed by atoms with Crippen molar-refractivity contribution in [3.05, 3.63) is 51.9 Å². The zero-order valence-corrected chi connectivity index (χ0v) is 10.9. The molecule has 1 aromatic heterocycles. The largest absolute Gasteiger partial charge is 0.337 e. The van der Waals surface area contributed by atoms with Crippen molar-refractivity contribution in [1.29, 1.82) is 0 Å². The van der Waals surface area contributed by atoms with Gasteiger partial charge in [0.05, 0.1) is 5.69 Å². The molecule has 0 saturated carbocycles. The number of halogens is 4. The molecule has 0 spiro atoms. The molecule has 94 valence electrons. The maximum absolute atomic E-state index is 13.4. The van der Waals surface area contributed by atoms with E-state index in [1.807, 2.05) is 0 Å². The van der Waals surface area contributed by atoms with E-state index in [1.54, 1.807) is 13.0 Å². The molecule has 0 aliphatic carbocycles. The number of nitrogens with zero attached hydrogens (tertiary/aromatic N) is 1. The highest BCUT2D eigenvalue weighted by Crippen LogP contribution is 2.25. The molecular weight excluding hydrogens is 309 g/mol. The van der Waals surface area contributed by atoms with Gasteiger partial charge in [-0.25, -0.2) is 18.2 Å². The Labute approximate surface area is 110 Å². The number of hydrogen-bond donors (Lipinski definition) is 1. The first kappa shape index (κ1) is 12.9. The molecule has 2 aromatic rings. The average molecular weight is 317 g/mol. The van der Waals surface area contributed by atoms with E-state index < -0.39 is 17.5 Å². The Bertz CT molecular complexity index is 602. The number of hydrogen-bond acceptors (Lipinski definition) is 2. The second kappa shape index (κ2) is 4.97. The van der Waals surface area contributed by atoms with Crippen LogP contribution in [0.3, 0.4) is 0 Å². The summed E-state index contributed by atoms with van der Waals surface area (Å²) in [5.41, 5.74) is 0.430. The van der Waals surface area contributed by atoms with Gasteiger partial charge in [0.1, 0.15) is 11.6 Å². The smallest absolute Gasteiger partial charge is 0.182 e. The first-order valence-electron chi connectivity index (χ1n) is 5.01. The number of pyridine rings is 1. The molecule has 0 bridgehead atoms. The van der Waals surface area contributed by atoms with E-state index in [4.69, 9.17) is 0 Å². The van der Waals surface area contributed by atoms with Crippen LogP contribution >= 0.6 is 15.9 Å². The number of aromatic nitrogens is 1. The monoisotopic (exact) mass is 316 g/mol. The van der Waals surface area contributed by atoms with Gasteiger partial charge in [0.15, 0.2) is 11.6 Å². The molecule has 2 rings (SSSR count). The van der Waals surface area contributed by atoms with Gasteiger partial charge in [-0.05, 0) is 34.5 Å². The SMILES string of the molecule is Cc1cc(Br)cnc1Nc1cc(F)cc(F)c1F. The zero-order valence-electron chi connectivity index (χ0n) is 9.27. The Kier molecular flexibility index (Phi) is 3.56. The summed E-state index contributed by atoms with van der Waals surface area (Å²) in [6.07, 6.45) is 1.50. The van der Waals surface area contributed by atoms with Crippen molar-refractivity contribution < 1.29 is 13.2 Å². The van der Waals surface area contributed by atoms with Gasteiger partial charge in [0, 0.05) is 22.8 Å². The maximum atomic E-state index is 13.4. The Morgan fingerprint density at radius 1 is 1.17 bits per heavy atom. The fourth-order valence-electron chi connectivity index (χ4n) is 1.45. The lowest BCUT2D eigenvalue weighted by molar-refractivity contribution is 0.498. The van der Waals surface area contributed by atoms with E-state index in [9.17, 15) is 13.2 Å². The predicted molar refractivity (Wildman–Crippen MR) is 66.3 cm³/mol. The van der Waals surface area contributed by atoms with Crippen molar-refractivity contribution in [2.24, 2.45) is 0 Å². The lowest BCUT2D eigenvalue weighted by Crippen LogP contribution is -2.01. The molecular formula is C12H8BrF3N2. The van der Waals surface area contributed by atoms with Gasteiger partial charge in [0.25, 0.3) is 0 Å². The third-order valence-electron chi connectivity index (χ3n) is 2.29. The third kappa shape index (κ3) is 2.64. The minimum absolute atomic E-state index is 0.287. The molecule has 18 heavy (non-hydrogen) atoms. The predicted octanol–water partition coefficient (Wildman–Crippen LogP) is 4.31. The Morgan fingerprint density at radius 3 is 2.56 bits per heavy atom. The van der Waals surface area contributed by atoms with Crippen LogP contribution in [0.15, 0.2) is 28.9 Å². The van der Waals surface area contributed by atoms with Crippen LogP contribution in [-0.2, 0) is 0 Å². The van der Waals surface area contributed by atoms with Gasteiger partial charge >= 0.3 is 0 Å². The molecule has 0 atom stereocenters. The van der Waals surface area contributed by atoms with Gasteiger partial charge in [-0.3, -0.25) is 0 Å². The topological polar surface area (TPSA) is 24.9 Å². The molecule has 0 radical (unpaired) electrons. The summed E-state index contributed by atoms with van der Waals surface area (Å²) in [7, 11) is 0. The highest BCUT2D eigenvalue weighted by molar-refractivity contribution is 9.10. The average Bonchev–Trinajstić information content (AvgIpc) is 2.29. The Morgan fingerprint density at radius 2 is 1.89 bits per heavy atom. The first-order valence-corrected chi connectivity index (χ1v) is 5.80. The van der Waals surface area contributed by atoms with Crippen molar-refractivity contribution in [1.82, 2.24) is 4.98 Å². The van der Waals surface area contributed by atoms with Crippen LogP contribution in [0.2, 0.25) is 0 Å². The summed E-state index contributed by atoms with van der Waals surface area (Å²) >= 11 is 3.24. The van der Waals surface area contributed by atoms with E-state index >= 15 is 0 Å². The molecule has 0 aliphatic heterocycles. The van der Waals surface area contributed by atoms with Gasteiger partial charge < -0.3 is 5.32 Å². The van der Waals surface area contributed by atoms with Crippen LogP contribution in [0.4, 0.5) is 24.7 Å². The number of aryl methyl sites for hydroxylation is 1. The van der Waals surface area contributed by atoms with E-state index in [0.717, 1.165) is 10.5 Å². The maximum Gasteiger partial charge on any atom is 0.182 e. The highest BCUT2D eigenvalue weighted by Gasteiger charge is 2.12. The molecule has 0 saturated heterocycles. The molecule has 0 aliphatic rings. The van der Waals surface area contributed by atoms with E-state index in [-0.39, 0.29) is 5.69 Å². The van der Waals surface area contributed by atoms with Crippen LogP contribution in [-0.4, -0.2) is 4.98 Å². The summed E-state index contributed by atoms with van der Waals surface area (Å²) in [6.45, 7) is 1.74. The quantitative estimate of drug-likeness (QED) is 0.835. The second-order valence-corrected chi connectivity index (χ2v) is 4.61. The fraction of sp³-hybridized carbons (Fsp3) is 0.0833. The first-order chi connectivity index (χ1) is 8.47. The molecule has 0 amide bonds. The molecule has 1 N–H and O–H groups in total. The van der Waals surface area contributed by atoms with Gasteiger partial charge in [-0.1, -0.05) is 0 Å². The molecule has 6 heteroatoms.